The van der Waals surface area contributed by atoms with Crippen molar-refractivity contribution in [2.45, 2.75) is 116 Å². The monoisotopic (exact) mass is 1450 g/mol. The van der Waals surface area contributed by atoms with Crippen LogP contribution in [-0.2, 0) is 31.3 Å². The number of carboxylic acids is 1. The molecule has 0 aliphatic carbocycles. The van der Waals surface area contributed by atoms with Crippen molar-refractivity contribution in [2.75, 3.05) is 77.0 Å². The number of aliphatic imine (C=N–C) groups is 2. The Kier molecular flexibility index (Phi) is 18.5. The van der Waals surface area contributed by atoms with Gasteiger partial charge in [-0.25, -0.2) is 0 Å². The van der Waals surface area contributed by atoms with Gasteiger partial charge in [-0.3, -0.25) is 4.79 Å². The van der Waals surface area contributed by atoms with Crippen molar-refractivity contribution in [1.82, 2.24) is 8.47 Å². The first kappa shape index (κ1) is 70.7. The first-order valence-electron chi connectivity index (χ1n) is 33.4. The quantitative estimate of drug-likeness (QED) is 0.00770. The Morgan fingerprint density at radius 3 is 1.18 bits per heavy atom. The van der Waals surface area contributed by atoms with Crippen LogP contribution in [0.5, 0.6) is 0 Å². The van der Waals surface area contributed by atoms with Crippen LogP contribution in [0.1, 0.15) is 99.8 Å². The Morgan fingerprint density at radius 1 is 0.458 bits per heavy atom. The van der Waals surface area contributed by atoms with E-state index in [1.165, 1.54) is 0 Å². The van der Waals surface area contributed by atoms with Crippen LogP contribution >= 0.6 is 30.4 Å². The molecule has 8 heterocycles. The molecular formula is C63H90N10O16P4Si3+2. The van der Waals surface area contributed by atoms with Crippen molar-refractivity contribution in [1.29, 1.82) is 0 Å². The third kappa shape index (κ3) is 12.3. The van der Waals surface area contributed by atoms with Crippen molar-refractivity contribution in [3.8, 4) is 0 Å². The molecule has 4 aromatic carbocycles. The summed E-state index contributed by atoms with van der Waals surface area (Å²) in [5, 5.41) is 12.7. The molecule has 9 N–H and O–H groups in total. The molecule has 6 aliphatic heterocycles. The number of quaternary nitrogens is 2. The predicted octanol–water partition coefficient (Wildman–Crippen LogP) is 8.51. The molecule has 33 heteroatoms. The van der Waals surface area contributed by atoms with Gasteiger partial charge in [0.1, 0.15) is 0 Å². The van der Waals surface area contributed by atoms with Crippen LogP contribution in [0.4, 0.5) is 11.6 Å². The Morgan fingerprint density at radius 2 is 0.802 bits per heavy atom. The van der Waals surface area contributed by atoms with Crippen LogP contribution in [0.3, 0.4) is 0 Å². The van der Waals surface area contributed by atoms with E-state index < -0.39 is 79.2 Å². The zero-order valence-corrected chi connectivity index (χ0v) is 61.6. The molecule has 0 bridgehead atoms. The standard InChI is InChI=1S/C63H88N10O16P4Si3/c1-6-33-72(35-18-41-90(76,77)78,34-17-7-8-32-55(74)75)39-22-45-94(2,3)88-96(89-95(4,5)46-23-40-73(36-19-42-91(79,80)81,37-20-43-92(82,83)84)38-21-44-93(85,86)87)68-56-47-24-9-10-25-48(47)57(68)65-59-51-28-13-14-29-52(51)61(70(59)96)67-63-54-31-16-15-30-53(54)62(71(63)96)66-60-50-27-12-11-26-49(50)58(64-56)69(60)96/h9-16,24-31H,6-8,17-23,32-46H2,1-5H3,(H7-2,74,75,76,77,78,79,80,81,82,83,84,85,86,87)/p+2. The summed E-state index contributed by atoms with van der Waals surface area (Å²) in [7, 11) is -32.5. The van der Waals surface area contributed by atoms with E-state index in [0.717, 1.165) is 63.2 Å². The van der Waals surface area contributed by atoms with Crippen LogP contribution in [0.25, 0.3) is 21.5 Å². The summed E-state index contributed by atoms with van der Waals surface area (Å²) in [4.78, 5) is 117. The number of carbonyl (C=O) groups is 1. The molecule has 518 valence electrons. The molecule has 0 saturated heterocycles. The van der Waals surface area contributed by atoms with E-state index in [1.54, 1.807) is 0 Å². The summed E-state index contributed by atoms with van der Waals surface area (Å²) in [6, 6.07) is 33.3. The summed E-state index contributed by atoms with van der Waals surface area (Å²) in [6.07, 6.45) is 2.45. The van der Waals surface area contributed by atoms with E-state index in [4.69, 9.17) is 20.0 Å². The molecule has 2 aromatic heterocycles. The van der Waals surface area contributed by atoms with Crippen LogP contribution in [0, 0.1) is 0 Å². The summed E-state index contributed by atoms with van der Waals surface area (Å²) in [5.41, 5.74) is 4.23. The third-order valence-corrected chi connectivity index (χ3v) is 40.8. The molecule has 0 radical (unpaired) electrons. The van der Waals surface area contributed by atoms with E-state index in [0.29, 0.717) is 108 Å². The molecule has 0 amide bonds. The molecule has 12 rings (SSSR count). The molecule has 0 saturated carbocycles. The van der Waals surface area contributed by atoms with E-state index in [-0.39, 0.29) is 68.9 Å². The van der Waals surface area contributed by atoms with Crippen molar-refractivity contribution < 1.29 is 93.0 Å². The zero-order valence-electron chi connectivity index (χ0n) is 55.1. The molecule has 1 unspecified atom stereocenters. The summed E-state index contributed by atoms with van der Waals surface area (Å²) in [6.45, 7) is 14.2. The van der Waals surface area contributed by atoms with Crippen molar-refractivity contribution in [3.05, 3.63) is 130 Å². The summed E-state index contributed by atoms with van der Waals surface area (Å²) >= 11 is 0. The first-order valence-corrected chi connectivity index (χ1v) is 49.4. The number of aromatic nitrogens is 2. The molecule has 1 spiro atoms. The summed E-state index contributed by atoms with van der Waals surface area (Å²) in [5.74, 6) is 2.40. The van der Waals surface area contributed by atoms with Crippen LogP contribution in [0.2, 0.25) is 38.3 Å². The van der Waals surface area contributed by atoms with Gasteiger partial charge in [-0.05, 0) is 0 Å². The number of unbranched alkanes of at least 4 members (excludes halogenated alkanes) is 2. The number of fused-ring (bicyclic) bond motifs is 12. The second kappa shape index (κ2) is 25.1. The fourth-order valence-corrected chi connectivity index (χ4v) is 41.6. The molecule has 6 aliphatic rings. The third-order valence-electron chi connectivity index (χ3n) is 20.5. The molecule has 1 atom stereocenters. The number of hydrogen-bond donors (Lipinski definition) is 9. The van der Waals surface area contributed by atoms with Crippen molar-refractivity contribution in [3.63, 3.8) is 0 Å². The minimum atomic E-state index is -7.31. The van der Waals surface area contributed by atoms with Gasteiger partial charge in [0, 0.05) is 0 Å². The van der Waals surface area contributed by atoms with E-state index in [1.807, 2.05) is 48.5 Å². The van der Waals surface area contributed by atoms with Crippen LogP contribution in [-0.4, -0.2) is 201 Å². The number of benzene rings is 4. The second-order valence-corrected chi connectivity index (χ2v) is 49.9. The number of carboxylic acid groups (broad SMARTS) is 1. The van der Waals surface area contributed by atoms with Gasteiger partial charge in [0.05, 0.1) is 0 Å². The number of aliphatic carboxylic acids is 1. The van der Waals surface area contributed by atoms with Gasteiger partial charge in [0.2, 0.25) is 0 Å². The fraction of sp³-hybridized carbons (Fsp3) is 0.476. The van der Waals surface area contributed by atoms with Gasteiger partial charge in [-0.1, -0.05) is 0 Å². The fourth-order valence-electron chi connectivity index (χ4n) is 17.1. The van der Waals surface area contributed by atoms with E-state index in [2.05, 4.69) is 98.6 Å². The topological polar surface area (TPSA) is 351 Å². The molecule has 26 nitrogen and oxygen atoms in total. The SMILES string of the molecule is CCC[N+](CCCCCC(=O)O)(CCC[Si](C)(C)O[Si-2]123(O[Si](C)(C)CCC[N+](CCCP(=O)(O)O)(CCCP(=O)(O)O)CCCP(=O)(O)O)n4c5c6ccccc6c4N=C4c6ccccc6C(=[N+]41)N=c1c4ccccc4c(n12)=NC1=[N+]3C(=N5)c2ccccc21)CCCP(=O)(O)O. The van der Waals surface area contributed by atoms with Gasteiger partial charge in [-0.2, -0.15) is 0 Å². The van der Waals surface area contributed by atoms with Gasteiger partial charge < -0.3 is 5.11 Å². The average Bonchev–Trinajstić information content (AvgIpc) is 1.28. The Labute approximate surface area is 558 Å². The zero-order chi connectivity index (χ0) is 68.8. The summed E-state index contributed by atoms with van der Waals surface area (Å²) < 4.78 is 78.5. The number of rotatable bonds is 36. The van der Waals surface area contributed by atoms with Crippen LogP contribution < -0.4 is 11.0 Å². The second-order valence-electron chi connectivity index (χ2n) is 28.5. The van der Waals surface area contributed by atoms with Gasteiger partial charge in [0.15, 0.2) is 0 Å². The number of hydrogen-bond acceptors (Lipinski definition) is 11. The first-order chi connectivity index (χ1) is 45.1. The van der Waals surface area contributed by atoms with Gasteiger partial charge in [0.25, 0.3) is 0 Å². The van der Waals surface area contributed by atoms with E-state index >= 15 is 0 Å². The van der Waals surface area contributed by atoms with Gasteiger partial charge >= 0.3 is 552 Å². The Balaban J connectivity index is 1.12. The Bertz CT molecular complexity index is 4420. The normalized spacial score (nSPS) is 18.5. The van der Waals surface area contributed by atoms with Crippen molar-refractivity contribution in [2.24, 2.45) is 20.0 Å². The maximum absolute atomic E-state index is 12.5. The van der Waals surface area contributed by atoms with Crippen molar-refractivity contribution >= 4 is 117 Å². The molecule has 0 fully saturated rings. The number of amidine groups is 4. The molecule has 96 heavy (non-hydrogen) atoms. The molecular weight excluding hydrogens is 1360 g/mol. The van der Waals surface area contributed by atoms with Crippen LogP contribution in [0.15, 0.2) is 117 Å². The average molecular weight is 1450 g/mol. The predicted molar refractivity (Wildman–Crippen MR) is 375 cm³/mol. The van der Waals surface area contributed by atoms with Gasteiger partial charge in [-0.15, -0.1) is 0 Å². The molecule has 6 aromatic rings. The minimum absolute atomic E-state index is 0.0253. The Hall–Kier alpha value is -5.20. The van der Waals surface area contributed by atoms with E-state index in [9.17, 15) is 75.5 Å². The number of nitrogens with zero attached hydrogens (tertiary/aromatic N) is 10. The maximum atomic E-state index is 12.5.